The van der Waals surface area contributed by atoms with Crippen LogP contribution in [-0.4, -0.2) is 61.9 Å². The summed E-state index contributed by atoms with van der Waals surface area (Å²) in [6, 6.07) is 5.79. The van der Waals surface area contributed by atoms with E-state index in [4.69, 9.17) is 9.16 Å². The fourth-order valence-corrected chi connectivity index (χ4v) is 4.72. The van der Waals surface area contributed by atoms with E-state index in [-0.39, 0.29) is 32.4 Å². The van der Waals surface area contributed by atoms with Gasteiger partial charge in [-0.15, -0.1) is 0 Å². The number of carbonyl (C=O) groups excluding carboxylic acids is 3. The summed E-state index contributed by atoms with van der Waals surface area (Å²) >= 11 is 0. The second-order valence-corrected chi connectivity index (χ2v) is 14.4. The van der Waals surface area contributed by atoms with E-state index < -0.39 is 43.9 Å². The first-order valence-electron chi connectivity index (χ1n) is 11.8. The van der Waals surface area contributed by atoms with Crippen LogP contribution in [0.5, 0.6) is 5.75 Å². The molecule has 0 aliphatic carbocycles. The molecule has 35 heavy (non-hydrogen) atoms. The number of esters is 1. The monoisotopic (exact) mass is 516 g/mol. The quantitative estimate of drug-likeness (QED) is 0.286. The standard InChI is InChI=1S/C24H35F3N2O5Si/c1-6-7-15-33-22(32)23(2,16-17-10-12-18(13-11-17)34-35(3,4)5)28-20(30)19-9-8-14-29(19)21(31)24(25,26)27/h10-13,19H,6-9,14-16H2,1-5H3,(H,28,30)/t19-,23-/m0/s1. The zero-order chi connectivity index (χ0) is 26.4. The van der Waals surface area contributed by atoms with Crippen molar-refractivity contribution in [2.45, 2.75) is 83.3 Å². The lowest BCUT2D eigenvalue weighted by atomic mass is 9.92. The van der Waals surface area contributed by atoms with Crippen LogP contribution in [0.3, 0.4) is 0 Å². The molecular formula is C24H35F3N2O5Si. The summed E-state index contributed by atoms with van der Waals surface area (Å²) in [5, 5.41) is 2.60. The van der Waals surface area contributed by atoms with Gasteiger partial charge in [0, 0.05) is 13.0 Å². The molecule has 7 nitrogen and oxygen atoms in total. The van der Waals surface area contributed by atoms with E-state index in [9.17, 15) is 27.6 Å². The lowest BCUT2D eigenvalue weighted by molar-refractivity contribution is -0.187. The fraction of sp³-hybridized carbons (Fsp3) is 0.625. The molecule has 0 radical (unpaired) electrons. The predicted molar refractivity (Wildman–Crippen MR) is 127 cm³/mol. The Hall–Kier alpha value is -2.56. The first-order valence-corrected chi connectivity index (χ1v) is 15.2. The van der Waals surface area contributed by atoms with Crippen LogP contribution in [-0.2, 0) is 25.5 Å². The van der Waals surface area contributed by atoms with E-state index in [2.05, 4.69) is 25.0 Å². The molecule has 0 saturated carbocycles. The summed E-state index contributed by atoms with van der Waals surface area (Å²) < 4.78 is 50.3. The third kappa shape index (κ3) is 8.26. The van der Waals surface area contributed by atoms with Crippen molar-refractivity contribution < 1.29 is 36.7 Å². The first-order chi connectivity index (χ1) is 16.2. The van der Waals surface area contributed by atoms with Gasteiger partial charge in [-0.1, -0.05) is 25.5 Å². The van der Waals surface area contributed by atoms with E-state index in [1.54, 1.807) is 24.3 Å². The molecule has 11 heteroatoms. The molecule has 1 aliphatic heterocycles. The summed E-state index contributed by atoms with van der Waals surface area (Å²) in [4.78, 5) is 38.4. The molecule has 2 atom stereocenters. The molecule has 1 aromatic rings. The van der Waals surface area contributed by atoms with Crippen molar-refractivity contribution in [1.29, 1.82) is 0 Å². The van der Waals surface area contributed by atoms with Gasteiger partial charge in [0.25, 0.3) is 0 Å². The summed E-state index contributed by atoms with van der Waals surface area (Å²) in [6.07, 6.45) is -3.25. The number of carbonyl (C=O) groups is 3. The van der Waals surface area contributed by atoms with E-state index in [1.807, 2.05) is 6.92 Å². The number of likely N-dealkylation sites (tertiary alicyclic amines) is 1. The minimum Gasteiger partial charge on any atom is -0.544 e. The van der Waals surface area contributed by atoms with Gasteiger partial charge in [0.05, 0.1) is 6.61 Å². The Morgan fingerprint density at radius 2 is 1.77 bits per heavy atom. The van der Waals surface area contributed by atoms with E-state index in [0.29, 0.717) is 22.6 Å². The zero-order valence-electron chi connectivity index (χ0n) is 21.0. The Morgan fingerprint density at radius 1 is 1.14 bits per heavy atom. The smallest absolute Gasteiger partial charge is 0.471 e. The van der Waals surface area contributed by atoms with Gasteiger partial charge in [0.2, 0.25) is 14.2 Å². The van der Waals surface area contributed by atoms with Crippen molar-refractivity contribution in [1.82, 2.24) is 10.2 Å². The molecule has 1 aromatic carbocycles. The first kappa shape index (κ1) is 28.7. The third-order valence-corrected chi connectivity index (χ3v) is 6.39. The van der Waals surface area contributed by atoms with Gasteiger partial charge in [-0.3, -0.25) is 9.59 Å². The number of benzene rings is 1. The molecule has 0 unspecified atom stereocenters. The molecule has 1 N–H and O–H groups in total. The molecule has 0 aromatic heterocycles. The van der Waals surface area contributed by atoms with Gasteiger partial charge in [0.15, 0.2) is 0 Å². The Balaban J connectivity index is 2.24. The average Bonchev–Trinajstić information content (AvgIpc) is 3.23. The van der Waals surface area contributed by atoms with Crippen LogP contribution in [0.2, 0.25) is 19.6 Å². The average molecular weight is 517 g/mol. The molecule has 1 aliphatic rings. The topological polar surface area (TPSA) is 84.9 Å². The van der Waals surface area contributed by atoms with Crippen molar-refractivity contribution >= 4 is 26.1 Å². The summed E-state index contributed by atoms with van der Waals surface area (Å²) in [6.45, 7) is 9.56. The number of amides is 2. The van der Waals surface area contributed by atoms with Crippen molar-refractivity contribution in [3.63, 3.8) is 0 Å². The highest BCUT2D eigenvalue weighted by Crippen LogP contribution is 2.27. The van der Waals surface area contributed by atoms with Crippen LogP contribution in [0.15, 0.2) is 24.3 Å². The lowest BCUT2D eigenvalue weighted by Crippen LogP contribution is -2.59. The Bertz CT molecular complexity index is 902. The predicted octanol–water partition coefficient (Wildman–Crippen LogP) is 4.21. The Labute approximate surface area is 205 Å². The highest BCUT2D eigenvalue weighted by atomic mass is 28.4. The van der Waals surface area contributed by atoms with Gasteiger partial charge in [-0.05, 0) is 63.5 Å². The minimum atomic E-state index is -5.08. The van der Waals surface area contributed by atoms with Gasteiger partial charge < -0.3 is 19.4 Å². The highest BCUT2D eigenvalue weighted by Gasteiger charge is 2.49. The van der Waals surface area contributed by atoms with Crippen molar-refractivity contribution in [3.8, 4) is 5.75 Å². The number of rotatable bonds is 10. The maximum Gasteiger partial charge on any atom is 0.471 e. The van der Waals surface area contributed by atoms with Crippen LogP contribution in [0.4, 0.5) is 13.2 Å². The van der Waals surface area contributed by atoms with Gasteiger partial charge >= 0.3 is 18.1 Å². The van der Waals surface area contributed by atoms with E-state index >= 15 is 0 Å². The zero-order valence-corrected chi connectivity index (χ0v) is 22.0. The third-order valence-electron chi connectivity index (χ3n) is 5.54. The largest absolute Gasteiger partial charge is 0.544 e. The molecule has 2 amide bonds. The summed E-state index contributed by atoms with van der Waals surface area (Å²) in [5.74, 6) is -2.86. The second kappa shape index (κ2) is 11.4. The Kier molecular flexibility index (Phi) is 9.38. The number of alkyl halides is 3. The molecule has 1 fully saturated rings. The molecule has 0 spiro atoms. The number of ether oxygens (including phenoxy) is 1. The normalized spacial score (nSPS) is 18.1. The number of nitrogens with zero attached hydrogens (tertiary/aromatic N) is 1. The van der Waals surface area contributed by atoms with Crippen LogP contribution in [0.25, 0.3) is 0 Å². The van der Waals surface area contributed by atoms with Crippen molar-refractivity contribution in [3.05, 3.63) is 29.8 Å². The lowest BCUT2D eigenvalue weighted by Gasteiger charge is -2.32. The number of nitrogens with one attached hydrogen (secondary N) is 1. The maximum absolute atomic E-state index is 13.0. The van der Waals surface area contributed by atoms with E-state index in [0.717, 1.165) is 6.42 Å². The molecule has 0 bridgehead atoms. The van der Waals surface area contributed by atoms with Gasteiger partial charge in [0.1, 0.15) is 17.3 Å². The van der Waals surface area contributed by atoms with Crippen molar-refractivity contribution in [2.24, 2.45) is 0 Å². The number of halogens is 3. The SMILES string of the molecule is CCCCOC(=O)[C@](C)(Cc1ccc(O[Si](C)(C)C)cc1)NC(=O)[C@@H]1CCCN1C(=O)C(F)(F)F. The van der Waals surface area contributed by atoms with Crippen LogP contribution >= 0.6 is 0 Å². The molecular weight excluding hydrogens is 481 g/mol. The Morgan fingerprint density at radius 3 is 2.31 bits per heavy atom. The van der Waals surface area contributed by atoms with Gasteiger partial charge in [-0.2, -0.15) is 13.2 Å². The molecule has 1 heterocycles. The van der Waals surface area contributed by atoms with Crippen LogP contribution in [0, 0.1) is 0 Å². The molecule has 2 rings (SSSR count). The second-order valence-electron chi connectivity index (χ2n) is 10.0. The van der Waals surface area contributed by atoms with E-state index in [1.165, 1.54) is 6.92 Å². The molecule has 1 saturated heterocycles. The number of unbranched alkanes of at least 4 members (excludes halogenated alkanes) is 1. The minimum absolute atomic E-state index is 0.0524. The fourth-order valence-electron chi connectivity index (χ4n) is 3.87. The number of hydrogen-bond acceptors (Lipinski definition) is 5. The number of hydrogen-bond donors (Lipinski definition) is 1. The molecule has 196 valence electrons. The summed E-state index contributed by atoms with van der Waals surface area (Å²) in [7, 11) is -1.81. The van der Waals surface area contributed by atoms with Crippen LogP contribution in [0.1, 0.15) is 45.1 Å². The maximum atomic E-state index is 13.0. The van der Waals surface area contributed by atoms with Crippen LogP contribution < -0.4 is 9.74 Å². The van der Waals surface area contributed by atoms with Gasteiger partial charge in [-0.25, -0.2) is 4.79 Å². The summed E-state index contributed by atoms with van der Waals surface area (Å²) in [5.41, 5.74) is -0.834. The van der Waals surface area contributed by atoms with Crippen molar-refractivity contribution in [2.75, 3.05) is 13.2 Å². The highest BCUT2D eigenvalue weighted by molar-refractivity contribution is 6.70.